The third-order valence-corrected chi connectivity index (χ3v) is 17.8. The van der Waals surface area contributed by atoms with Crippen molar-refractivity contribution < 1.29 is 0 Å². The van der Waals surface area contributed by atoms with Gasteiger partial charge in [-0.2, -0.15) is 0 Å². The van der Waals surface area contributed by atoms with Gasteiger partial charge in [-0.15, -0.1) is 0 Å². The minimum atomic E-state index is -1.16. The molecule has 27 heavy (non-hydrogen) atoms. The lowest BCUT2D eigenvalue weighted by Gasteiger charge is -2.65. The summed E-state index contributed by atoms with van der Waals surface area (Å²) in [4.78, 5) is 0. The first-order valence-electron chi connectivity index (χ1n) is 12.3. The van der Waals surface area contributed by atoms with Crippen molar-refractivity contribution in [3.05, 3.63) is 35.9 Å². The van der Waals surface area contributed by atoms with E-state index in [4.69, 9.17) is 0 Å². The molecule has 5 fully saturated rings. The Hall–Kier alpha value is -0.563. The monoisotopic (exact) mass is 378 g/mol. The highest BCUT2D eigenvalue weighted by Gasteiger charge is 2.72. The zero-order chi connectivity index (χ0) is 18.2. The van der Waals surface area contributed by atoms with E-state index in [0.717, 1.165) is 41.0 Å². The van der Waals surface area contributed by atoms with Gasteiger partial charge < -0.3 is 0 Å². The van der Waals surface area contributed by atoms with Crippen molar-refractivity contribution >= 4 is 8.07 Å². The Morgan fingerprint density at radius 3 is 2.41 bits per heavy atom. The van der Waals surface area contributed by atoms with Gasteiger partial charge in [-0.1, -0.05) is 95.2 Å². The Morgan fingerprint density at radius 2 is 1.56 bits per heavy atom. The van der Waals surface area contributed by atoms with Gasteiger partial charge >= 0.3 is 0 Å². The second kappa shape index (κ2) is 6.22. The first kappa shape index (κ1) is 17.3. The van der Waals surface area contributed by atoms with Crippen LogP contribution in [0.25, 0.3) is 0 Å². The standard InChI is InChI=1S/C26H38Si/c1-17-24(19-10-4-3-5-11-19)21-13-8-14-23-25(21)26(17)27(23,2)22-16-15-18-9-6-7-12-20(18)22/h3-5,10-11,17-18,20-26H,6-9,12-16H2,1-2H3. The minimum absolute atomic E-state index is 0.877. The first-order valence-corrected chi connectivity index (χ1v) is 15.0. The Morgan fingerprint density at radius 1 is 0.778 bits per heavy atom. The molecular weight excluding hydrogens is 340 g/mol. The number of hydrogen-bond donors (Lipinski definition) is 0. The molecule has 0 amide bonds. The number of benzene rings is 1. The average Bonchev–Trinajstić information content (AvgIpc) is 3.25. The van der Waals surface area contributed by atoms with E-state index < -0.39 is 8.07 Å². The summed E-state index contributed by atoms with van der Waals surface area (Å²) >= 11 is 0. The lowest BCUT2D eigenvalue weighted by molar-refractivity contribution is 0.207. The summed E-state index contributed by atoms with van der Waals surface area (Å²) in [6, 6.07) is 11.7. The molecule has 4 saturated carbocycles. The predicted molar refractivity (Wildman–Crippen MR) is 117 cm³/mol. The van der Waals surface area contributed by atoms with Crippen LogP contribution in [0.15, 0.2) is 30.3 Å². The van der Waals surface area contributed by atoms with Gasteiger partial charge in [-0.25, -0.2) is 0 Å². The summed E-state index contributed by atoms with van der Waals surface area (Å²) in [5.41, 5.74) is 5.24. The fourth-order valence-corrected chi connectivity index (χ4v) is 18.4. The second-order valence-corrected chi connectivity index (χ2v) is 16.2. The van der Waals surface area contributed by atoms with Gasteiger partial charge in [0.15, 0.2) is 0 Å². The van der Waals surface area contributed by atoms with E-state index in [1.165, 1.54) is 30.3 Å². The summed E-state index contributed by atoms with van der Waals surface area (Å²) in [5, 5.41) is 0. The van der Waals surface area contributed by atoms with Crippen LogP contribution in [0.4, 0.5) is 0 Å². The van der Waals surface area contributed by atoms with E-state index in [1.54, 1.807) is 44.1 Å². The number of rotatable bonds is 2. The predicted octanol–water partition coefficient (Wildman–Crippen LogP) is 7.64. The highest BCUT2D eigenvalue weighted by molar-refractivity contribution is 6.86. The van der Waals surface area contributed by atoms with Crippen LogP contribution in [-0.4, -0.2) is 8.07 Å². The maximum atomic E-state index is 2.94. The Balaban J connectivity index is 1.36. The van der Waals surface area contributed by atoms with Gasteiger partial charge in [-0.05, 0) is 64.1 Å². The smallest absolute Gasteiger partial charge is 0.0609 e. The quantitative estimate of drug-likeness (QED) is 0.464. The minimum Gasteiger partial charge on any atom is -0.0685 e. The maximum absolute atomic E-state index is 2.94. The van der Waals surface area contributed by atoms with Crippen molar-refractivity contribution in [2.45, 2.75) is 93.8 Å². The molecule has 146 valence electrons. The van der Waals surface area contributed by atoms with Crippen LogP contribution < -0.4 is 0 Å². The Bertz CT molecular complexity index is 697. The Kier molecular flexibility index (Phi) is 3.98. The van der Waals surface area contributed by atoms with E-state index in [1.807, 2.05) is 0 Å². The van der Waals surface area contributed by atoms with Crippen LogP contribution in [0.5, 0.6) is 0 Å². The van der Waals surface area contributed by atoms with Crippen molar-refractivity contribution in [1.82, 2.24) is 0 Å². The van der Waals surface area contributed by atoms with Gasteiger partial charge in [0.2, 0.25) is 0 Å². The molecule has 1 saturated heterocycles. The average molecular weight is 379 g/mol. The van der Waals surface area contributed by atoms with Crippen LogP contribution in [0.2, 0.25) is 23.2 Å². The van der Waals surface area contributed by atoms with Crippen molar-refractivity contribution in [3.8, 4) is 0 Å². The second-order valence-electron chi connectivity index (χ2n) is 11.4. The summed E-state index contributed by atoms with van der Waals surface area (Å²) < 4.78 is 0. The zero-order valence-corrected chi connectivity index (χ0v) is 18.4. The third kappa shape index (κ3) is 2.21. The van der Waals surface area contributed by atoms with E-state index in [2.05, 4.69) is 43.8 Å². The lowest BCUT2D eigenvalue weighted by Crippen LogP contribution is -2.63. The maximum Gasteiger partial charge on any atom is 0.0609 e. The van der Waals surface area contributed by atoms with Crippen molar-refractivity contribution in [2.24, 2.45) is 29.6 Å². The molecule has 0 aromatic heterocycles. The van der Waals surface area contributed by atoms with Crippen LogP contribution >= 0.6 is 0 Å². The van der Waals surface area contributed by atoms with Crippen molar-refractivity contribution in [2.75, 3.05) is 0 Å². The molecule has 0 radical (unpaired) electrons. The fourth-order valence-electron chi connectivity index (χ4n) is 10.2. The molecule has 10 unspecified atom stereocenters. The molecular formula is C26H38Si. The van der Waals surface area contributed by atoms with Crippen LogP contribution in [-0.2, 0) is 0 Å². The van der Waals surface area contributed by atoms with Gasteiger partial charge in [0.25, 0.3) is 0 Å². The molecule has 0 bridgehead atoms. The van der Waals surface area contributed by atoms with Crippen LogP contribution in [0, 0.1) is 29.6 Å². The van der Waals surface area contributed by atoms with E-state index in [9.17, 15) is 0 Å². The SMILES string of the molecule is CC1C(c2ccccc2)C2CCCC3C2C1[Si]3(C)C1CCC2CCCCC21. The van der Waals surface area contributed by atoms with Crippen LogP contribution in [0.3, 0.4) is 0 Å². The molecule has 1 aliphatic heterocycles. The molecule has 1 aromatic rings. The molecule has 1 heteroatoms. The number of fused-ring (bicyclic) bond motifs is 1. The van der Waals surface area contributed by atoms with Gasteiger partial charge in [0, 0.05) is 0 Å². The first-order chi connectivity index (χ1) is 13.2. The largest absolute Gasteiger partial charge is 0.0685 e. The van der Waals surface area contributed by atoms with Crippen molar-refractivity contribution in [3.63, 3.8) is 0 Å². The summed E-state index contributed by atoms with van der Waals surface area (Å²) in [5.74, 6) is 6.26. The van der Waals surface area contributed by atoms with E-state index in [-0.39, 0.29) is 0 Å². The lowest BCUT2D eigenvalue weighted by atomic mass is 9.74. The molecule has 0 spiro atoms. The highest BCUT2D eigenvalue weighted by atomic mass is 28.3. The topological polar surface area (TPSA) is 0 Å². The van der Waals surface area contributed by atoms with E-state index in [0.29, 0.717) is 0 Å². The highest BCUT2D eigenvalue weighted by Crippen LogP contribution is 2.79. The normalized spacial score (nSPS) is 53.5. The number of hydrogen-bond acceptors (Lipinski definition) is 0. The van der Waals surface area contributed by atoms with Gasteiger partial charge in [0.05, 0.1) is 8.07 Å². The van der Waals surface area contributed by atoms with Gasteiger partial charge in [0.1, 0.15) is 0 Å². The molecule has 0 nitrogen and oxygen atoms in total. The van der Waals surface area contributed by atoms with Gasteiger partial charge in [-0.3, -0.25) is 0 Å². The summed E-state index contributed by atoms with van der Waals surface area (Å²) in [6.07, 6.45) is 14.2. The zero-order valence-electron chi connectivity index (χ0n) is 17.4. The summed E-state index contributed by atoms with van der Waals surface area (Å²) in [6.45, 7) is 5.63. The van der Waals surface area contributed by atoms with Crippen molar-refractivity contribution in [1.29, 1.82) is 0 Å². The van der Waals surface area contributed by atoms with Crippen LogP contribution in [0.1, 0.15) is 76.2 Å². The molecule has 5 aliphatic rings. The van der Waals surface area contributed by atoms with E-state index >= 15 is 0 Å². The molecule has 4 aliphatic carbocycles. The molecule has 10 atom stereocenters. The molecule has 1 heterocycles. The molecule has 6 rings (SSSR count). The Labute approximate surface area is 167 Å². The molecule has 0 N–H and O–H groups in total. The molecule has 1 aromatic carbocycles. The third-order valence-electron chi connectivity index (χ3n) is 10.9. The fraction of sp³-hybridized carbons (Fsp3) is 0.769. The summed E-state index contributed by atoms with van der Waals surface area (Å²) in [7, 11) is -1.16.